The Balaban J connectivity index is 1.71. The predicted octanol–water partition coefficient (Wildman–Crippen LogP) is 4.89. The summed E-state index contributed by atoms with van der Waals surface area (Å²) in [6, 6.07) is 22.0. The van der Waals surface area contributed by atoms with E-state index in [9.17, 15) is 0 Å². The van der Waals surface area contributed by atoms with Crippen LogP contribution in [0.15, 0.2) is 60.7 Å². The number of rotatable bonds is 5. The first-order valence-electron chi connectivity index (χ1n) is 7.49. The zero-order valence-corrected chi connectivity index (χ0v) is 11.5. The van der Waals surface area contributed by atoms with Crippen LogP contribution < -0.4 is 0 Å². The molecule has 3 rings (SSSR count). The van der Waals surface area contributed by atoms with Crippen LogP contribution in [0.25, 0.3) is 0 Å². The Morgan fingerprint density at radius 1 is 0.737 bits per heavy atom. The Bertz CT molecular complexity index is 440. The van der Waals surface area contributed by atoms with Crippen molar-refractivity contribution in [2.75, 3.05) is 0 Å². The molecule has 98 valence electrons. The van der Waals surface area contributed by atoms with Crippen molar-refractivity contribution in [3.05, 3.63) is 71.8 Å². The van der Waals surface area contributed by atoms with Gasteiger partial charge < -0.3 is 0 Å². The van der Waals surface area contributed by atoms with Crippen LogP contribution in [0.3, 0.4) is 0 Å². The van der Waals surface area contributed by atoms with E-state index in [-0.39, 0.29) is 0 Å². The standard InChI is InChI=1S/C19H22/c1-3-8-16(9-4-1)14-19(18-12-7-13-18)15-17-10-5-2-6-11-17/h1-6,8-11,18-19H,7,12-15H2. The van der Waals surface area contributed by atoms with Crippen LogP contribution in [0.2, 0.25) is 0 Å². The van der Waals surface area contributed by atoms with Crippen molar-refractivity contribution < 1.29 is 0 Å². The first-order valence-corrected chi connectivity index (χ1v) is 7.49. The van der Waals surface area contributed by atoms with E-state index >= 15 is 0 Å². The zero-order valence-electron chi connectivity index (χ0n) is 11.5. The largest absolute Gasteiger partial charge is 0.0622 e. The first-order chi connectivity index (χ1) is 9.42. The minimum Gasteiger partial charge on any atom is -0.0622 e. The molecule has 2 aromatic rings. The van der Waals surface area contributed by atoms with Crippen molar-refractivity contribution in [1.82, 2.24) is 0 Å². The quantitative estimate of drug-likeness (QED) is 0.709. The van der Waals surface area contributed by atoms with E-state index in [4.69, 9.17) is 0 Å². The van der Waals surface area contributed by atoms with Gasteiger partial charge in [0, 0.05) is 0 Å². The lowest BCUT2D eigenvalue weighted by atomic mass is 9.71. The second kappa shape index (κ2) is 6.06. The third-order valence-electron chi connectivity index (χ3n) is 4.50. The van der Waals surface area contributed by atoms with Crippen molar-refractivity contribution in [3.8, 4) is 0 Å². The molecule has 0 heteroatoms. The predicted molar refractivity (Wildman–Crippen MR) is 81.1 cm³/mol. The molecule has 0 unspecified atom stereocenters. The van der Waals surface area contributed by atoms with Gasteiger partial charge in [-0.1, -0.05) is 79.9 Å². The molecule has 0 spiro atoms. The highest BCUT2D eigenvalue weighted by Gasteiger charge is 2.27. The molecule has 0 aromatic heterocycles. The van der Waals surface area contributed by atoms with Crippen molar-refractivity contribution in [1.29, 1.82) is 0 Å². The van der Waals surface area contributed by atoms with Crippen LogP contribution >= 0.6 is 0 Å². The van der Waals surface area contributed by atoms with Gasteiger partial charge in [0.2, 0.25) is 0 Å². The van der Waals surface area contributed by atoms with Crippen LogP contribution in [0.4, 0.5) is 0 Å². The lowest BCUT2D eigenvalue weighted by Gasteiger charge is -2.34. The fraction of sp³-hybridized carbons (Fsp3) is 0.368. The third kappa shape index (κ3) is 3.26. The molecule has 1 aliphatic rings. The molecule has 19 heavy (non-hydrogen) atoms. The number of hydrogen-bond donors (Lipinski definition) is 0. The zero-order chi connectivity index (χ0) is 12.9. The molecule has 1 saturated carbocycles. The van der Waals surface area contributed by atoms with Crippen LogP contribution in [0.5, 0.6) is 0 Å². The van der Waals surface area contributed by atoms with Gasteiger partial charge in [-0.15, -0.1) is 0 Å². The van der Waals surface area contributed by atoms with Crippen LogP contribution in [-0.2, 0) is 12.8 Å². The summed E-state index contributed by atoms with van der Waals surface area (Å²) in [6.45, 7) is 0. The van der Waals surface area contributed by atoms with E-state index in [0.29, 0.717) is 0 Å². The van der Waals surface area contributed by atoms with Crippen molar-refractivity contribution in [2.45, 2.75) is 32.1 Å². The van der Waals surface area contributed by atoms with Crippen molar-refractivity contribution in [2.24, 2.45) is 11.8 Å². The smallest absolute Gasteiger partial charge is 0.0245 e. The molecule has 0 aliphatic heterocycles. The molecule has 0 radical (unpaired) electrons. The maximum Gasteiger partial charge on any atom is -0.0245 e. The molecular formula is C19H22. The Morgan fingerprint density at radius 3 is 1.58 bits per heavy atom. The van der Waals surface area contributed by atoms with E-state index in [1.165, 1.54) is 43.2 Å². The Labute approximate surface area is 116 Å². The van der Waals surface area contributed by atoms with Gasteiger partial charge in [0.25, 0.3) is 0 Å². The summed E-state index contributed by atoms with van der Waals surface area (Å²) in [4.78, 5) is 0. The number of hydrogen-bond acceptors (Lipinski definition) is 0. The molecule has 1 fully saturated rings. The molecule has 0 heterocycles. The molecule has 0 N–H and O–H groups in total. The van der Waals surface area contributed by atoms with E-state index in [2.05, 4.69) is 60.7 Å². The van der Waals surface area contributed by atoms with Gasteiger partial charge in [-0.25, -0.2) is 0 Å². The van der Waals surface area contributed by atoms with E-state index in [1.54, 1.807) is 0 Å². The van der Waals surface area contributed by atoms with Gasteiger partial charge in [-0.2, -0.15) is 0 Å². The Hall–Kier alpha value is -1.56. The van der Waals surface area contributed by atoms with E-state index in [1.807, 2.05) is 0 Å². The molecule has 2 aromatic carbocycles. The Morgan fingerprint density at radius 2 is 1.21 bits per heavy atom. The normalized spacial score (nSPS) is 15.4. The van der Waals surface area contributed by atoms with Gasteiger partial charge in [0.1, 0.15) is 0 Å². The highest BCUT2D eigenvalue weighted by Crippen LogP contribution is 2.37. The summed E-state index contributed by atoms with van der Waals surface area (Å²) >= 11 is 0. The lowest BCUT2D eigenvalue weighted by Crippen LogP contribution is -2.25. The van der Waals surface area contributed by atoms with Gasteiger partial charge in [0.05, 0.1) is 0 Å². The van der Waals surface area contributed by atoms with Gasteiger partial charge in [0.15, 0.2) is 0 Å². The first kappa shape index (κ1) is 12.5. The molecule has 0 saturated heterocycles. The SMILES string of the molecule is c1ccc(CC(Cc2ccccc2)C2CCC2)cc1. The van der Waals surface area contributed by atoms with Crippen LogP contribution in [-0.4, -0.2) is 0 Å². The van der Waals surface area contributed by atoms with E-state index < -0.39 is 0 Å². The van der Waals surface area contributed by atoms with Gasteiger partial charge in [-0.3, -0.25) is 0 Å². The Kier molecular flexibility index (Phi) is 3.98. The maximum atomic E-state index is 2.27. The minimum atomic E-state index is 0.818. The van der Waals surface area contributed by atoms with Crippen LogP contribution in [0, 0.1) is 11.8 Å². The highest BCUT2D eigenvalue weighted by atomic mass is 14.3. The summed E-state index contributed by atoms with van der Waals surface area (Å²) in [5.74, 6) is 1.76. The van der Waals surface area contributed by atoms with Crippen LogP contribution in [0.1, 0.15) is 30.4 Å². The highest BCUT2D eigenvalue weighted by molar-refractivity contribution is 5.19. The average Bonchev–Trinajstić information content (AvgIpc) is 2.39. The fourth-order valence-electron chi connectivity index (χ4n) is 3.15. The summed E-state index contributed by atoms with van der Waals surface area (Å²) in [5, 5.41) is 0. The van der Waals surface area contributed by atoms with Crippen molar-refractivity contribution in [3.63, 3.8) is 0 Å². The number of benzene rings is 2. The second-order valence-electron chi connectivity index (χ2n) is 5.83. The summed E-state index contributed by atoms with van der Waals surface area (Å²) in [6.07, 6.45) is 6.78. The molecule has 0 bridgehead atoms. The third-order valence-corrected chi connectivity index (χ3v) is 4.50. The topological polar surface area (TPSA) is 0 Å². The second-order valence-corrected chi connectivity index (χ2v) is 5.83. The molecule has 0 amide bonds. The average molecular weight is 250 g/mol. The molecular weight excluding hydrogens is 228 g/mol. The lowest BCUT2D eigenvalue weighted by molar-refractivity contribution is 0.203. The molecule has 0 nitrogen and oxygen atoms in total. The minimum absolute atomic E-state index is 0.818. The van der Waals surface area contributed by atoms with E-state index in [0.717, 1.165) is 11.8 Å². The summed E-state index contributed by atoms with van der Waals surface area (Å²) in [7, 11) is 0. The summed E-state index contributed by atoms with van der Waals surface area (Å²) < 4.78 is 0. The van der Waals surface area contributed by atoms with Gasteiger partial charge in [-0.05, 0) is 35.8 Å². The monoisotopic (exact) mass is 250 g/mol. The summed E-state index contributed by atoms with van der Waals surface area (Å²) in [5.41, 5.74) is 2.99. The van der Waals surface area contributed by atoms with Gasteiger partial charge >= 0.3 is 0 Å². The molecule has 0 atom stereocenters. The van der Waals surface area contributed by atoms with Crippen molar-refractivity contribution >= 4 is 0 Å². The maximum absolute atomic E-state index is 2.27. The molecule has 1 aliphatic carbocycles. The fourth-order valence-corrected chi connectivity index (χ4v) is 3.15.